The molecule has 3 N–H and O–H groups in total. The van der Waals surface area contributed by atoms with E-state index in [1.54, 1.807) is 19.0 Å². The number of aromatic amines is 1. The van der Waals surface area contributed by atoms with E-state index in [2.05, 4.69) is 4.98 Å². The topological polar surface area (TPSA) is 85.9 Å². The van der Waals surface area contributed by atoms with Gasteiger partial charge in [-0.1, -0.05) is 0 Å². The third-order valence-electron chi connectivity index (χ3n) is 1.61. The maximum atomic E-state index is 11.0. The van der Waals surface area contributed by atoms with Crippen molar-refractivity contribution in [3.05, 3.63) is 22.0 Å². The summed E-state index contributed by atoms with van der Waals surface area (Å²) in [5, 5.41) is 8.76. The van der Waals surface area contributed by atoms with Crippen LogP contribution in [0.5, 0.6) is 0 Å². The van der Waals surface area contributed by atoms with Gasteiger partial charge in [0.05, 0.1) is 5.69 Å². The predicted octanol–water partition coefficient (Wildman–Crippen LogP) is -0.105. The van der Waals surface area contributed by atoms with E-state index in [1.165, 1.54) is 6.07 Å². The fourth-order valence-corrected chi connectivity index (χ4v) is 1.02. The Morgan fingerprint density at radius 2 is 2.23 bits per heavy atom. The molecule has 0 amide bonds. The van der Waals surface area contributed by atoms with E-state index in [0.29, 0.717) is 11.4 Å². The van der Waals surface area contributed by atoms with Crippen molar-refractivity contribution in [1.82, 2.24) is 4.98 Å². The molecule has 0 bridgehead atoms. The Labute approximate surface area is 75.4 Å². The summed E-state index contributed by atoms with van der Waals surface area (Å²) in [5.41, 5.74) is 5.70. The van der Waals surface area contributed by atoms with Crippen molar-refractivity contribution in [2.45, 2.75) is 0 Å². The van der Waals surface area contributed by atoms with Gasteiger partial charge in [0, 0.05) is 20.2 Å². The van der Waals surface area contributed by atoms with Gasteiger partial charge < -0.3 is 15.6 Å². The van der Waals surface area contributed by atoms with Crippen LogP contribution in [0.3, 0.4) is 0 Å². The van der Waals surface area contributed by atoms with Gasteiger partial charge in [-0.25, -0.2) is 0 Å². The highest BCUT2D eigenvalue weighted by Gasteiger charge is 2.08. The van der Waals surface area contributed by atoms with Crippen LogP contribution in [-0.4, -0.2) is 19.1 Å². The number of hydrogen-bond acceptors (Lipinski definition) is 4. The fourth-order valence-electron chi connectivity index (χ4n) is 1.02. The summed E-state index contributed by atoms with van der Waals surface area (Å²) in [6.07, 6.45) is 0. The summed E-state index contributed by atoms with van der Waals surface area (Å²) in [4.78, 5) is 15.2. The standard InChI is InChI=1S/C8H10N4O/c1-12(2)8-5(4-9)6(10)3-7(13)11-8/h3H,1-2H3,(H3,10,11,13). The third kappa shape index (κ3) is 1.62. The molecule has 0 fully saturated rings. The molecule has 1 heterocycles. The maximum Gasteiger partial charge on any atom is 0.251 e. The van der Waals surface area contributed by atoms with Gasteiger partial charge in [0.1, 0.15) is 17.5 Å². The lowest BCUT2D eigenvalue weighted by molar-refractivity contribution is 1.04. The number of rotatable bonds is 1. The molecule has 1 rings (SSSR count). The Morgan fingerprint density at radius 1 is 1.62 bits per heavy atom. The second-order valence-electron chi connectivity index (χ2n) is 2.82. The Bertz CT molecular complexity index is 413. The summed E-state index contributed by atoms with van der Waals surface area (Å²) < 4.78 is 0. The first-order chi connectivity index (χ1) is 6.06. The molecule has 68 valence electrons. The van der Waals surface area contributed by atoms with Gasteiger partial charge in [0.25, 0.3) is 5.56 Å². The lowest BCUT2D eigenvalue weighted by atomic mass is 10.2. The van der Waals surface area contributed by atoms with Crippen molar-refractivity contribution in [2.24, 2.45) is 0 Å². The van der Waals surface area contributed by atoms with Crippen LogP contribution in [0.1, 0.15) is 5.56 Å². The Morgan fingerprint density at radius 3 is 2.69 bits per heavy atom. The zero-order valence-electron chi connectivity index (χ0n) is 7.46. The Balaban J connectivity index is 3.50. The van der Waals surface area contributed by atoms with Crippen LogP contribution in [0.15, 0.2) is 10.9 Å². The number of nitrogens with one attached hydrogen (secondary N) is 1. The monoisotopic (exact) mass is 178 g/mol. The van der Waals surface area contributed by atoms with Gasteiger partial charge >= 0.3 is 0 Å². The molecule has 13 heavy (non-hydrogen) atoms. The molecule has 0 saturated carbocycles. The highest BCUT2D eigenvalue weighted by Crippen LogP contribution is 2.17. The first kappa shape index (κ1) is 9.13. The summed E-state index contributed by atoms with van der Waals surface area (Å²) in [5.74, 6) is 0.438. The van der Waals surface area contributed by atoms with Crippen molar-refractivity contribution < 1.29 is 0 Å². The maximum absolute atomic E-state index is 11.0. The molecule has 0 aliphatic heterocycles. The largest absolute Gasteiger partial charge is 0.397 e. The minimum absolute atomic E-state index is 0.204. The number of aromatic nitrogens is 1. The Hall–Kier alpha value is -1.96. The molecular weight excluding hydrogens is 168 g/mol. The summed E-state index contributed by atoms with van der Waals surface area (Å²) in [7, 11) is 3.46. The van der Waals surface area contributed by atoms with E-state index in [9.17, 15) is 4.79 Å². The van der Waals surface area contributed by atoms with Gasteiger partial charge in [-0.15, -0.1) is 0 Å². The average Bonchev–Trinajstić information content (AvgIpc) is 2.02. The normalized spacial score (nSPS) is 9.31. The smallest absolute Gasteiger partial charge is 0.251 e. The summed E-state index contributed by atoms with van der Waals surface area (Å²) in [6, 6.07) is 3.14. The van der Waals surface area contributed by atoms with Crippen LogP contribution in [0.2, 0.25) is 0 Å². The second-order valence-corrected chi connectivity index (χ2v) is 2.82. The third-order valence-corrected chi connectivity index (χ3v) is 1.61. The molecular formula is C8H10N4O. The molecule has 5 heteroatoms. The number of nitriles is 1. The zero-order chi connectivity index (χ0) is 10.0. The fraction of sp³-hybridized carbons (Fsp3) is 0.250. The van der Waals surface area contributed by atoms with Gasteiger partial charge in [-0.05, 0) is 0 Å². The highest BCUT2D eigenvalue weighted by atomic mass is 16.1. The molecule has 0 saturated heterocycles. The Kier molecular flexibility index (Phi) is 2.24. The second kappa shape index (κ2) is 3.19. The molecule has 0 aliphatic rings. The molecule has 1 aromatic rings. The molecule has 0 unspecified atom stereocenters. The van der Waals surface area contributed by atoms with E-state index in [4.69, 9.17) is 11.0 Å². The van der Waals surface area contributed by atoms with E-state index in [-0.39, 0.29) is 11.2 Å². The van der Waals surface area contributed by atoms with Gasteiger partial charge in [-0.3, -0.25) is 4.79 Å². The zero-order valence-corrected chi connectivity index (χ0v) is 7.46. The molecule has 0 aromatic carbocycles. The number of anilines is 2. The van der Waals surface area contributed by atoms with Crippen LogP contribution in [0.4, 0.5) is 11.5 Å². The molecule has 0 aliphatic carbocycles. The SMILES string of the molecule is CN(C)c1[nH]c(=O)cc(N)c1C#N. The van der Waals surface area contributed by atoms with Gasteiger partial charge in [0.2, 0.25) is 0 Å². The molecule has 0 atom stereocenters. The number of nitrogens with two attached hydrogens (primary N) is 1. The van der Waals surface area contributed by atoms with Crippen molar-refractivity contribution >= 4 is 11.5 Å². The molecule has 0 spiro atoms. The van der Waals surface area contributed by atoms with Crippen LogP contribution < -0.4 is 16.2 Å². The lowest BCUT2D eigenvalue weighted by Crippen LogP contribution is -2.19. The number of hydrogen-bond donors (Lipinski definition) is 2. The minimum atomic E-state index is -0.305. The predicted molar refractivity (Wildman–Crippen MR) is 50.5 cm³/mol. The quantitative estimate of drug-likeness (QED) is 0.628. The average molecular weight is 178 g/mol. The van der Waals surface area contributed by atoms with E-state index < -0.39 is 0 Å². The van der Waals surface area contributed by atoms with Crippen molar-refractivity contribution in [3.8, 4) is 6.07 Å². The van der Waals surface area contributed by atoms with Crippen LogP contribution in [0, 0.1) is 11.3 Å². The highest BCUT2D eigenvalue weighted by molar-refractivity contribution is 5.65. The van der Waals surface area contributed by atoms with Crippen molar-refractivity contribution in [2.75, 3.05) is 24.7 Å². The lowest BCUT2D eigenvalue weighted by Gasteiger charge is -2.13. The van der Waals surface area contributed by atoms with E-state index >= 15 is 0 Å². The van der Waals surface area contributed by atoms with E-state index in [1.807, 2.05) is 6.07 Å². The van der Waals surface area contributed by atoms with Crippen LogP contribution >= 0.6 is 0 Å². The van der Waals surface area contributed by atoms with E-state index in [0.717, 1.165) is 0 Å². The number of pyridine rings is 1. The number of nitrogen functional groups attached to an aromatic ring is 1. The summed E-state index contributed by atoms with van der Waals surface area (Å²) in [6.45, 7) is 0. The van der Waals surface area contributed by atoms with Gasteiger partial charge in [0.15, 0.2) is 0 Å². The first-order valence-corrected chi connectivity index (χ1v) is 3.66. The van der Waals surface area contributed by atoms with Crippen molar-refractivity contribution in [1.29, 1.82) is 5.26 Å². The molecule has 1 aromatic heterocycles. The number of nitrogens with zero attached hydrogens (tertiary/aromatic N) is 2. The summed E-state index contributed by atoms with van der Waals surface area (Å²) >= 11 is 0. The first-order valence-electron chi connectivity index (χ1n) is 3.66. The van der Waals surface area contributed by atoms with Gasteiger partial charge in [-0.2, -0.15) is 5.26 Å². The van der Waals surface area contributed by atoms with Crippen LogP contribution in [-0.2, 0) is 0 Å². The minimum Gasteiger partial charge on any atom is -0.397 e. The molecule has 5 nitrogen and oxygen atoms in total. The van der Waals surface area contributed by atoms with Crippen LogP contribution in [0.25, 0.3) is 0 Å². The van der Waals surface area contributed by atoms with Crippen molar-refractivity contribution in [3.63, 3.8) is 0 Å². The number of H-pyrrole nitrogens is 1. The molecule has 0 radical (unpaired) electrons.